The van der Waals surface area contributed by atoms with Crippen molar-refractivity contribution in [1.29, 1.82) is 0 Å². The van der Waals surface area contributed by atoms with Crippen molar-refractivity contribution in [2.24, 2.45) is 5.84 Å². The predicted molar refractivity (Wildman–Crippen MR) is 73.0 cm³/mol. The van der Waals surface area contributed by atoms with E-state index in [1.54, 1.807) is 0 Å². The molecule has 0 fully saturated rings. The van der Waals surface area contributed by atoms with Gasteiger partial charge in [0.1, 0.15) is 0 Å². The number of halogens is 6. The molecule has 2 N–H and O–H groups in total. The second-order valence-corrected chi connectivity index (χ2v) is 6.27. The number of hydrogen-bond acceptors (Lipinski definition) is 4. The summed E-state index contributed by atoms with van der Waals surface area (Å²) in [7, 11) is -4.33. The molecule has 0 aliphatic carbocycles. The summed E-state index contributed by atoms with van der Waals surface area (Å²) < 4.78 is 109. The SMILES string of the molecule is COc1ccc(N(N)S(=O)(=O)c2c(F)c(F)c(F)c(F)c2F)cc1F. The van der Waals surface area contributed by atoms with Crippen molar-refractivity contribution < 1.29 is 39.5 Å². The number of anilines is 1. The van der Waals surface area contributed by atoms with Crippen LogP contribution in [0.1, 0.15) is 0 Å². The predicted octanol–water partition coefficient (Wildman–Crippen LogP) is 2.60. The van der Waals surface area contributed by atoms with E-state index < -0.39 is 55.5 Å². The molecule has 0 heterocycles. The highest BCUT2D eigenvalue weighted by molar-refractivity contribution is 7.92. The van der Waals surface area contributed by atoms with E-state index in [2.05, 4.69) is 4.74 Å². The molecular weight excluding hydrogens is 378 g/mol. The van der Waals surface area contributed by atoms with Crippen LogP contribution in [-0.4, -0.2) is 15.5 Å². The fraction of sp³-hybridized carbons (Fsp3) is 0.0769. The van der Waals surface area contributed by atoms with Gasteiger partial charge in [0.25, 0.3) is 10.0 Å². The van der Waals surface area contributed by atoms with Crippen LogP contribution >= 0.6 is 0 Å². The molecule has 0 saturated carbocycles. The third-order valence-corrected chi connectivity index (χ3v) is 4.68. The largest absolute Gasteiger partial charge is 0.494 e. The molecule has 12 heteroatoms. The Hall–Kier alpha value is -2.47. The number of nitrogens with two attached hydrogens (primary N) is 1. The number of sulfonamides is 1. The number of ether oxygens (including phenoxy) is 1. The lowest BCUT2D eigenvalue weighted by molar-refractivity contribution is 0.357. The molecule has 136 valence electrons. The van der Waals surface area contributed by atoms with Crippen molar-refractivity contribution in [3.05, 3.63) is 53.1 Å². The minimum absolute atomic E-state index is 0.300. The number of hydrazine groups is 1. The quantitative estimate of drug-likeness (QED) is 0.288. The third kappa shape index (κ3) is 2.98. The van der Waals surface area contributed by atoms with Crippen LogP contribution in [0, 0.1) is 34.9 Å². The van der Waals surface area contributed by atoms with E-state index >= 15 is 0 Å². The molecule has 0 aliphatic heterocycles. The summed E-state index contributed by atoms with van der Waals surface area (Å²) in [5, 5.41) is 0. The van der Waals surface area contributed by atoms with Crippen molar-refractivity contribution in [1.82, 2.24) is 0 Å². The van der Waals surface area contributed by atoms with Crippen LogP contribution in [0.4, 0.5) is 32.0 Å². The molecule has 0 bridgehead atoms. The van der Waals surface area contributed by atoms with Crippen LogP contribution in [0.3, 0.4) is 0 Å². The van der Waals surface area contributed by atoms with Gasteiger partial charge in [-0.2, -0.15) is 8.42 Å². The zero-order valence-electron chi connectivity index (χ0n) is 12.2. The van der Waals surface area contributed by atoms with Crippen molar-refractivity contribution in [3.63, 3.8) is 0 Å². The first kappa shape index (κ1) is 18.9. The molecule has 5 nitrogen and oxygen atoms in total. The lowest BCUT2D eigenvalue weighted by Crippen LogP contribution is -2.39. The molecule has 0 spiro atoms. The van der Waals surface area contributed by atoms with Gasteiger partial charge in [0.15, 0.2) is 39.7 Å². The molecule has 0 radical (unpaired) electrons. The van der Waals surface area contributed by atoms with Gasteiger partial charge in [0, 0.05) is 6.07 Å². The van der Waals surface area contributed by atoms with Crippen LogP contribution in [0.2, 0.25) is 0 Å². The maximum atomic E-state index is 13.7. The maximum Gasteiger partial charge on any atom is 0.283 e. The monoisotopic (exact) mass is 386 g/mol. The zero-order valence-corrected chi connectivity index (χ0v) is 13.0. The van der Waals surface area contributed by atoms with E-state index in [0.29, 0.717) is 6.07 Å². The smallest absolute Gasteiger partial charge is 0.283 e. The van der Waals surface area contributed by atoms with E-state index in [1.165, 1.54) is 0 Å². The minimum atomic E-state index is -5.44. The van der Waals surface area contributed by atoms with E-state index in [4.69, 9.17) is 5.84 Å². The summed E-state index contributed by atoms with van der Waals surface area (Å²) in [6.07, 6.45) is 0. The Morgan fingerprint density at radius 2 is 1.40 bits per heavy atom. The summed E-state index contributed by atoms with van der Waals surface area (Å²) in [5.41, 5.74) is -0.651. The van der Waals surface area contributed by atoms with Gasteiger partial charge in [0.2, 0.25) is 5.82 Å². The Bertz CT molecular complexity index is 922. The molecule has 0 unspecified atom stereocenters. The second-order valence-electron chi connectivity index (χ2n) is 4.52. The Labute approximate surface area is 137 Å². The lowest BCUT2D eigenvalue weighted by Gasteiger charge is -2.20. The molecule has 0 aliphatic rings. The maximum absolute atomic E-state index is 13.7. The van der Waals surface area contributed by atoms with Gasteiger partial charge in [-0.05, 0) is 12.1 Å². The van der Waals surface area contributed by atoms with E-state index in [-0.39, 0.29) is 10.2 Å². The summed E-state index contributed by atoms with van der Waals surface area (Å²) in [6, 6.07) is 2.37. The molecular formula is C13H8F6N2O3S. The van der Waals surface area contributed by atoms with Crippen LogP contribution in [0.15, 0.2) is 23.1 Å². The van der Waals surface area contributed by atoms with Crippen LogP contribution in [0.5, 0.6) is 5.75 Å². The summed E-state index contributed by atoms with van der Waals surface area (Å²) in [6.45, 7) is 0. The Morgan fingerprint density at radius 3 is 1.84 bits per heavy atom. The van der Waals surface area contributed by atoms with E-state index in [0.717, 1.165) is 19.2 Å². The average molecular weight is 386 g/mol. The highest BCUT2D eigenvalue weighted by Crippen LogP contribution is 2.31. The van der Waals surface area contributed by atoms with E-state index in [1.807, 2.05) is 0 Å². The third-order valence-electron chi connectivity index (χ3n) is 3.08. The topological polar surface area (TPSA) is 72.6 Å². The minimum Gasteiger partial charge on any atom is -0.494 e. The molecule has 25 heavy (non-hydrogen) atoms. The van der Waals surface area contributed by atoms with Crippen LogP contribution < -0.4 is 15.0 Å². The molecule has 0 amide bonds. The summed E-state index contributed by atoms with van der Waals surface area (Å²) >= 11 is 0. The average Bonchev–Trinajstić information content (AvgIpc) is 2.57. The molecule has 0 atom stereocenters. The summed E-state index contributed by atoms with van der Waals surface area (Å²) in [4.78, 5) is -2.16. The molecule has 2 rings (SSSR count). The standard InChI is InChI=1S/C13H8F6N2O3S/c1-24-7-3-2-5(4-6(7)14)21(20)25(22,23)13-11(18)9(16)8(15)10(17)12(13)19/h2-4H,20H2,1H3. The van der Waals surface area contributed by atoms with Gasteiger partial charge in [-0.15, -0.1) is 0 Å². The summed E-state index contributed by atoms with van der Waals surface area (Å²) in [5.74, 6) is -8.83. The van der Waals surface area contributed by atoms with Crippen LogP contribution in [0.25, 0.3) is 0 Å². The number of benzene rings is 2. The van der Waals surface area contributed by atoms with Gasteiger partial charge < -0.3 is 4.74 Å². The number of methoxy groups -OCH3 is 1. The molecule has 0 saturated heterocycles. The first-order valence-electron chi connectivity index (χ1n) is 6.19. The first-order chi connectivity index (χ1) is 11.5. The second kappa shape index (κ2) is 6.44. The highest BCUT2D eigenvalue weighted by atomic mass is 32.2. The van der Waals surface area contributed by atoms with Crippen LogP contribution in [-0.2, 0) is 10.0 Å². The van der Waals surface area contributed by atoms with Crippen molar-refractivity contribution in [2.75, 3.05) is 11.5 Å². The van der Waals surface area contributed by atoms with Crippen molar-refractivity contribution in [3.8, 4) is 5.75 Å². The zero-order chi connectivity index (χ0) is 19.1. The lowest BCUT2D eigenvalue weighted by atomic mass is 10.3. The Morgan fingerprint density at radius 1 is 0.920 bits per heavy atom. The fourth-order valence-electron chi connectivity index (χ4n) is 1.84. The number of hydrogen-bond donors (Lipinski definition) is 1. The molecule has 2 aromatic rings. The fourth-order valence-corrected chi connectivity index (χ4v) is 3.06. The van der Waals surface area contributed by atoms with Gasteiger partial charge in [-0.3, -0.25) is 0 Å². The number of rotatable bonds is 4. The molecule has 2 aromatic carbocycles. The normalized spacial score (nSPS) is 11.5. The Kier molecular flexibility index (Phi) is 4.86. The Balaban J connectivity index is 2.65. The highest BCUT2D eigenvalue weighted by Gasteiger charge is 2.36. The van der Waals surface area contributed by atoms with Gasteiger partial charge in [-0.25, -0.2) is 36.6 Å². The number of nitrogens with zero attached hydrogens (tertiary/aromatic N) is 1. The van der Waals surface area contributed by atoms with Gasteiger partial charge in [0.05, 0.1) is 12.8 Å². The van der Waals surface area contributed by atoms with Crippen molar-refractivity contribution >= 4 is 15.7 Å². The first-order valence-corrected chi connectivity index (χ1v) is 7.63. The van der Waals surface area contributed by atoms with Gasteiger partial charge >= 0.3 is 0 Å². The van der Waals surface area contributed by atoms with Crippen molar-refractivity contribution in [2.45, 2.75) is 4.90 Å². The molecule has 0 aromatic heterocycles. The van der Waals surface area contributed by atoms with E-state index in [9.17, 15) is 34.8 Å². The van der Waals surface area contributed by atoms with Gasteiger partial charge in [-0.1, -0.05) is 0 Å².